The van der Waals surface area contributed by atoms with Gasteiger partial charge in [-0.1, -0.05) is 50.1 Å². The molecule has 1 unspecified atom stereocenters. The van der Waals surface area contributed by atoms with Gasteiger partial charge in [-0.15, -0.1) is 0 Å². The smallest absolute Gasteiger partial charge is 0.0485 e. The van der Waals surface area contributed by atoms with Gasteiger partial charge in [0.15, 0.2) is 0 Å². The summed E-state index contributed by atoms with van der Waals surface area (Å²) in [5.74, 6) is 1.48. The number of rotatable bonds is 8. The van der Waals surface area contributed by atoms with Gasteiger partial charge in [0, 0.05) is 22.3 Å². The molecule has 0 aliphatic rings. The second kappa shape index (κ2) is 7.81. The molecule has 2 nitrogen and oxygen atoms in total. The van der Waals surface area contributed by atoms with Crippen LogP contribution in [0.1, 0.15) is 44.2 Å². The van der Waals surface area contributed by atoms with E-state index in [-0.39, 0.29) is 5.41 Å². The van der Waals surface area contributed by atoms with Crippen LogP contribution in [0.15, 0.2) is 24.3 Å². The van der Waals surface area contributed by atoms with Crippen molar-refractivity contribution in [1.29, 1.82) is 0 Å². The normalized spacial score (nSPS) is 13.5. The predicted octanol–water partition coefficient (Wildman–Crippen LogP) is 3.40. The van der Waals surface area contributed by atoms with Crippen molar-refractivity contribution in [3.63, 3.8) is 0 Å². The van der Waals surface area contributed by atoms with Crippen molar-refractivity contribution in [2.75, 3.05) is 12.3 Å². The van der Waals surface area contributed by atoms with Crippen molar-refractivity contribution < 1.29 is 4.21 Å². The van der Waals surface area contributed by atoms with Crippen LogP contribution in [-0.2, 0) is 16.6 Å². The van der Waals surface area contributed by atoms with E-state index in [0.717, 1.165) is 31.6 Å². The van der Waals surface area contributed by atoms with Crippen LogP contribution in [0.2, 0.25) is 0 Å². The summed E-state index contributed by atoms with van der Waals surface area (Å²) in [6.07, 6.45) is 3.26. The summed E-state index contributed by atoms with van der Waals surface area (Å²) in [5.41, 5.74) is 8.34. The largest absolute Gasteiger partial charge is 0.330 e. The molecule has 108 valence electrons. The van der Waals surface area contributed by atoms with Crippen LogP contribution < -0.4 is 5.73 Å². The Labute approximate surface area is 120 Å². The molecule has 0 spiro atoms. The van der Waals surface area contributed by atoms with Crippen LogP contribution in [0.3, 0.4) is 0 Å². The second-order valence-corrected chi connectivity index (χ2v) is 7.68. The topological polar surface area (TPSA) is 43.1 Å². The number of unbranched alkanes of at least 4 members (excludes halogenated alkanes) is 1. The number of aryl methyl sites for hydroxylation is 1. The molecule has 0 aromatic heterocycles. The van der Waals surface area contributed by atoms with Gasteiger partial charge in [0.05, 0.1) is 0 Å². The lowest BCUT2D eigenvalue weighted by atomic mass is 9.88. The van der Waals surface area contributed by atoms with Gasteiger partial charge in [0.2, 0.25) is 0 Å². The van der Waals surface area contributed by atoms with E-state index in [2.05, 4.69) is 39.0 Å². The highest BCUT2D eigenvalue weighted by molar-refractivity contribution is 7.84. The lowest BCUT2D eigenvalue weighted by molar-refractivity contribution is 0.336. The first-order valence-corrected chi connectivity index (χ1v) is 8.52. The molecule has 1 rings (SSSR count). The summed E-state index contributed by atoms with van der Waals surface area (Å²) in [6.45, 7) is 7.17. The van der Waals surface area contributed by atoms with Crippen LogP contribution in [0, 0.1) is 12.3 Å². The molecule has 0 amide bonds. The number of hydrogen-bond acceptors (Lipinski definition) is 2. The fourth-order valence-electron chi connectivity index (χ4n) is 2.03. The molecule has 0 radical (unpaired) electrons. The quantitative estimate of drug-likeness (QED) is 0.742. The molecule has 0 bridgehead atoms. The van der Waals surface area contributed by atoms with Gasteiger partial charge in [0.1, 0.15) is 0 Å². The van der Waals surface area contributed by atoms with Gasteiger partial charge in [-0.3, -0.25) is 4.21 Å². The van der Waals surface area contributed by atoms with Crippen molar-refractivity contribution in [2.45, 2.75) is 45.8 Å². The standard InChI is InChI=1S/C16H27NOS/c1-14-7-6-8-15(11-14)12-19(18)10-5-4-9-16(2,3)13-17/h6-8,11H,4-5,9-10,12-13,17H2,1-3H3. The summed E-state index contributed by atoms with van der Waals surface area (Å²) in [4.78, 5) is 0. The maximum atomic E-state index is 12.0. The van der Waals surface area contributed by atoms with E-state index in [9.17, 15) is 4.21 Å². The Bertz CT molecular complexity index is 415. The van der Waals surface area contributed by atoms with E-state index in [1.165, 1.54) is 11.1 Å². The summed E-state index contributed by atoms with van der Waals surface area (Å²) < 4.78 is 12.0. The number of nitrogens with two attached hydrogens (primary N) is 1. The molecule has 1 aromatic carbocycles. The predicted molar refractivity (Wildman–Crippen MR) is 84.6 cm³/mol. The molecule has 19 heavy (non-hydrogen) atoms. The van der Waals surface area contributed by atoms with Crippen molar-refractivity contribution in [3.05, 3.63) is 35.4 Å². The Morgan fingerprint density at radius 1 is 1.26 bits per heavy atom. The maximum Gasteiger partial charge on any atom is 0.0485 e. The Morgan fingerprint density at radius 3 is 2.63 bits per heavy atom. The molecule has 1 atom stereocenters. The molecule has 1 aromatic rings. The van der Waals surface area contributed by atoms with Crippen LogP contribution in [0.4, 0.5) is 0 Å². The third-order valence-electron chi connectivity index (χ3n) is 3.44. The van der Waals surface area contributed by atoms with Gasteiger partial charge < -0.3 is 5.73 Å². The van der Waals surface area contributed by atoms with Crippen molar-refractivity contribution in [2.24, 2.45) is 11.1 Å². The van der Waals surface area contributed by atoms with E-state index in [4.69, 9.17) is 5.73 Å². The van der Waals surface area contributed by atoms with Gasteiger partial charge >= 0.3 is 0 Å². The minimum absolute atomic E-state index is 0.220. The fraction of sp³-hybridized carbons (Fsp3) is 0.625. The van der Waals surface area contributed by atoms with Gasteiger partial charge in [0.25, 0.3) is 0 Å². The third-order valence-corrected chi connectivity index (χ3v) is 4.84. The molecule has 0 saturated heterocycles. The zero-order valence-corrected chi connectivity index (χ0v) is 13.3. The number of benzene rings is 1. The molecule has 0 fully saturated rings. The Balaban J connectivity index is 2.25. The zero-order chi connectivity index (χ0) is 14.3. The first-order chi connectivity index (χ1) is 8.93. The molecular weight excluding hydrogens is 254 g/mol. The highest BCUT2D eigenvalue weighted by Gasteiger charge is 2.14. The van der Waals surface area contributed by atoms with E-state index < -0.39 is 10.8 Å². The van der Waals surface area contributed by atoms with E-state index in [0.29, 0.717) is 5.75 Å². The molecule has 2 N–H and O–H groups in total. The lowest BCUT2D eigenvalue weighted by Gasteiger charge is -2.21. The van der Waals surface area contributed by atoms with Crippen LogP contribution >= 0.6 is 0 Å². The first kappa shape index (κ1) is 16.4. The van der Waals surface area contributed by atoms with Crippen LogP contribution in [0.5, 0.6) is 0 Å². The first-order valence-electron chi connectivity index (χ1n) is 7.03. The summed E-state index contributed by atoms with van der Waals surface area (Å²) >= 11 is 0. The SMILES string of the molecule is Cc1cccc(CS(=O)CCCCC(C)(C)CN)c1. The van der Waals surface area contributed by atoms with Crippen LogP contribution in [0.25, 0.3) is 0 Å². The highest BCUT2D eigenvalue weighted by Crippen LogP contribution is 2.21. The Hall–Kier alpha value is -0.670. The molecule has 0 aliphatic carbocycles. The minimum atomic E-state index is -0.741. The van der Waals surface area contributed by atoms with Gasteiger partial charge in [-0.2, -0.15) is 0 Å². The average molecular weight is 281 g/mol. The Morgan fingerprint density at radius 2 is 2.00 bits per heavy atom. The average Bonchev–Trinajstić information content (AvgIpc) is 2.35. The van der Waals surface area contributed by atoms with Gasteiger partial charge in [-0.05, 0) is 37.3 Å². The molecule has 0 saturated carbocycles. The van der Waals surface area contributed by atoms with E-state index in [1.54, 1.807) is 0 Å². The molecule has 3 heteroatoms. The zero-order valence-electron chi connectivity index (χ0n) is 12.4. The molecule has 0 heterocycles. The number of hydrogen-bond donors (Lipinski definition) is 1. The van der Waals surface area contributed by atoms with Crippen molar-refractivity contribution in [3.8, 4) is 0 Å². The molecular formula is C16H27NOS. The van der Waals surface area contributed by atoms with Gasteiger partial charge in [-0.25, -0.2) is 0 Å². The monoisotopic (exact) mass is 281 g/mol. The minimum Gasteiger partial charge on any atom is -0.330 e. The van der Waals surface area contributed by atoms with E-state index >= 15 is 0 Å². The van der Waals surface area contributed by atoms with E-state index in [1.807, 2.05) is 6.07 Å². The summed E-state index contributed by atoms with van der Waals surface area (Å²) in [6, 6.07) is 8.28. The second-order valence-electron chi connectivity index (χ2n) is 6.10. The highest BCUT2D eigenvalue weighted by atomic mass is 32.2. The van der Waals surface area contributed by atoms with Crippen molar-refractivity contribution in [1.82, 2.24) is 0 Å². The summed E-state index contributed by atoms with van der Waals surface area (Å²) in [5, 5.41) is 0. The Kier molecular flexibility index (Phi) is 6.73. The molecule has 0 aliphatic heterocycles. The fourth-order valence-corrected chi connectivity index (χ4v) is 3.25. The van der Waals surface area contributed by atoms with Crippen LogP contribution in [-0.4, -0.2) is 16.5 Å². The summed E-state index contributed by atoms with van der Waals surface area (Å²) in [7, 11) is -0.741. The third kappa shape index (κ3) is 6.88. The van der Waals surface area contributed by atoms with Crippen molar-refractivity contribution >= 4 is 10.8 Å². The maximum absolute atomic E-state index is 12.0. The lowest BCUT2D eigenvalue weighted by Crippen LogP contribution is -2.23.